The Morgan fingerprint density at radius 2 is 1.86 bits per heavy atom. The van der Waals surface area contributed by atoms with E-state index in [0.717, 1.165) is 12.8 Å². The second kappa shape index (κ2) is 8.79. The van der Waals surface area contributed by atoms with Crippen molar-refractivity contribution in [3.8, 4) is 0 Å². The minimum Gasteiger partial charge on any atom is -0.368 e. The molecule has 8 heteroatoms. The molecule has 0 radical (unpaired) electrons. The maximum Gasteiger partial charge on any atom is 0.254 e. The van der Waals surface area contributed by atoms with Crippen LogP contribution in [0, 0.1) is 13.8 Å². The number of H-pyrrole nitrogens is 1. The fraction of sp³-hybridized carbons (Fsp3) is 0.400. The number of hydrogen-bond donors (Lipinski definition) is 3. The van der Waals surface area contributed by atoms with Crippen molar-refractivity contribution < 1.29 is 14.3 Å². The first kappa shape index (κ1) is 19.8. The predicted molar refractivity (Wildman–Crippen MR) is 105 cm³/mol. The Bertz CT molecular complexity index is 915. The summed E-state index contributed by atoms with van der Waals surface area (Å²) in [6, 6.07) is 6.88. The summed E-state index contributed by atoms with van der Waals surface area (Å²) < 4.78 is 5.35. The molecule has 1 aliphatic heterocycles. The van der Waals surface area contributed by atoms with Crippen LogP contribution >= 0.6 is 0 Å². The SMILES string of the molecule is Cc1nc(C)c(CCC(=O)Nc2ccc(NC(=O)[C@@H]3CCCO3)cc2)c(=O)[nH]1. The van der Waals surface area contributed by atoms with E-state index in [1.807, 2.05) is 0 Å². The summed E-state index contributed by atoms with van der Waals surface area (Å²) in [5.74, 6) is 0.208. The monoisotopic (exact) mass is 384 g/mol. The third-order valence-electron chi connectivity index (χ3n) is 4.60. The molecule has 1 aromatic carbocycles. The van der Waals surface area contributed by atoms with Crippen LogP contribution in [0.25, 0.3) is 0 Å². The summed E-state index contributed by atoms with van der Waals surface area (Å²) in [6.45, 7) is 4.10. The molecule has 0 aliphatic carbocycles. The number of carbonyl (C=O) groups excluding carboxylic acids is 2. The zero-order valence-corrected chi connectivity index (χ0v) is 16.0. The van der Waals surface area contributed by atoms with E-state index in [1.165, 1.54) is 0 Å². The van der Waals surface area contributed by atoms with Crippen molar-refractivity contribution in [2.24, 2.45) is 0 Å². The van der Waals surface area contributed by atoms with Crippen LogP contribution in [0.15, 0.2) is 29.1 Å². The zero-order chi connectivity index (χ0) is 20.1. The summed E-state index contributed by atoms with van der Waals surface area (Å²) in [5, 5.41) is 5.60. The number of benzene rings is 1. The van der Waals surface area contributed by atoms with Gasteiger partial charge in [0.05, 0.1) is 0 Å². The van der Waals surface area contributed by atoms with Crippen molar-refractivity contribution in [1.29, 1.82) is 0 Å². The summed E-state index contributed by atoms with van der Waals surface area (Å²) >= 11 is 0. The van der Waals surface area contributed by atoms with Crippen LogP contribution in [-0.2, 0) is 20.7 Å². The van der Waals surface area contributed by atoms with Crippen LogP contribution in [-0.4, -0.2) is 34.5 Å². The molecule has 2 heterocycles. The number of aromatic amines is 1. The number of ether oxygens (including phenoxy) is 1. The van der Waals surface area contributed by atoms with Gasteiger partial charge in [0.2, 0.25) is 5.91 Å². The molecule has 8 nitrogen and oxygen atoms in total. The fourth-order valence-corrected chi connectivity index (χ4v) is 3.15. The molecule has 1 aliphatic rings. The first-order valence-corrected chi connectivity index (χ1v) is 9.31. The van der Waals surface area contributed by atoms with Crippen molar-refractivity contribution in [2.75, 3.05) is 17.2 Å². The van der Waals surface area contributed by atoms with Gasteiger partial charge in [0, 0.05) is 35.7 Å². The average Bonchev–Trinajstić information content (AvgIpc) is 3.17. The molecule has 3 N–H and O–H groups in total. The minimum absolute atomic E-state index is 0.151. The molecule has 1 fully saturated rings. The van der Waals surface area contributed by atoms with Crippen LogP contribution in [0.2, 0.25) is 0 Å². The van der Waals surface area contributed by atoms with Gasteiger partial charge in [0.1, 0.15) is 11.9 Å². The number of anilines is 2. The van der Waals surface area contributed by atoms with Gasteiger partial charge in [-0.15, -0.1) is 0 Å². The molecule has 28 heavy (non-hydrogen) atoms. The maximum atomic E-state index is 12.2. The van der Waals surface area contributed by atoms with Crippen molar-refractivity contribution in [3.63, 3.8) is 0 Å². The molecule has 148 valence electrons. The third kappa shape index (κ3) is 5.04. The average molecular weight is 384 g/mol. The van der Waals surface area contributed by atoms with Crippen LogP contribution in [0.5, 0.6) is 0 Å². The van der Waals surface area contributed by atoms with Gasteiger partial charge in [0.25, 0.3) is 11.5 Å². The molecular formula is C20H24N4O4. The Kier molecular flexibility index (Phi) is 6.20. The summed E-state index contributed by atoms with van der Waals surface area (Å²) in [5.41, 5.74) is 2.22. The second-order valence-corrected chi connectivity index (χ2v) is 6.83. The highest BCUT2D eigenvalue weighted by Gasteiger charge is 2.23. The summed E-state index contributed by atoms with van der Waals surface area (Å²) in [4.78, 5) is 43.1. The smallest absolute Gasteiger partial charge is 0.254 e. The van der Waals surface area contributed by atoms with Crippen molar-refractivity contribution >= 4 is 23.2 Å². The number of amides is 2. The summed E-state index contributed by atoms with van der Waals surface area (Å²) in [7, 11) is 0. The third-order valence-corrected chi connectivity index (χ3v) is 4.60. The van der Waals surface area contributed by atoms with Crippen LogP contribution in [0.3, 0.4) is 0 Å². The number of nitrogens with one attached hydrogen (secondary N) is 3. The van der Waals surface area contributed by atoms with Gasteiger partial charge in [0.15, 0.2) is 0 Å². The first-order chi connectivity index (χ1) is 13.4. The lowest BCUT2D eigenvalue weighted by Gasteiger charge is -2.11. The number of rotatable bonds is 6. The Hall–Kier alpha value is -3.00. The number of nitrogens with zero attached hydrogens (tertiary/aromatic N) is 1. The molecule has 0 saturated carbocycles. The maximum absolute atomic E-state index is 12.2. The lowest BCUT2D eigenvalue weighted by Crippen LogP contribution is -2.26. The molecule has 1 saturated heterocycles. The minimum atomic E-state index is -0.387. The van der Waals surface area contributed by atoms with Crippen LogP contribution in [0.4, 0.5) is 11.4 Å². The van der Waals surface area contributed by atoms with Gasteiger partial charge < -0.3 is 20.4 Å². The Balaban J connectivity index is 1.52. The van der Waals surface area contributed by atoms with E-state index >= 15 is 0 Å². The number of carbonyl (C=O) groups is 2. The van der Waals surface area contributed by atoms with Gasteiger partial charge in [-0.1, -0.05) is 0 Å². The van der Waals surface area contributed by atoms with Crippen LogP contribution in [0.1, 0.15) is 36.3 Å². The van der Waals surface area contributed by atoms with E-state index in [0.29, 0.717) is 41.5 Å². The number of hydrogen-bond acceptors (Lipinski definition) is 5. The Morgan fingerprint density at radius 1 is 1.18 bits per heavy atom. The molecule has 0 unspecified atom stereocenters. The highest BCUT2D eigenvalue weighted by molar-refractivity contribution is 5.95. The molecule has 1 atom stereocenters. The lowest BCUT2D eigenvalue weighted by atomic mass is 10.1. The van der Waals surface area contributed by atoms with Crippen molar-refractivity contribution in [2.45, 2.75) is 45.6 Å². The topological polar surface area (TPSA) is 113 Å². The Morgan fingerprint density at radius 3 is 2.46 bits per heavy atom. The number of aryl methyl sites for hydroxylation is 2. The molecule has 2 amide bonds. The standard InChI is InChI=1S/C20H24N4O4/c1-12-16(19(26)22-13(2)21-12)9-10-18(25)23-14-5-7-15(8-6-14)24-20(27)17-4-3-11-28-17/h5-8,17H,3-4,9-11H2,1-2H3,(H,23,25)(H,24,27)(H,21,22,26)/t17-/m0/s1. The quantitative estimate of drug-likeness (QED) is 0.706. The molecule has 3 rings (SSSR count). The predicted octanol–water partition coefficient (Wildman–Crippen LogP) is 2.08. The van der Waals surface area contributed by atoms with E-state index in [-0.39, 0.29) is 29.9 Å². The summed E-state index contributed by atoms with van der Waals surface area (Å²) in [6.07, 6.45) is 1.73. The normalized spacial score (nSPS) is 16.0. The van der Waals surface area contributed by atoms with Crippen molar-refractivity contribution in [1.82, 2.24) is 9.97 Å². The second-order valence-electron chi connectivity index (χ2n) is 6.83. The highest BCUT2D eigenvalue weighted by Crippen LogP contribution is 2.17. The molecule has 0 bridgehead atoms. The van der Waals surface area contributed by atoms with Gasteiger partial charge in [-0.05, 0) is 57.4 Å². The molecule has 0 spiro atoms. The lowest BCUT2D eigenvalue weighted by molar-refractivity contribution is -0.124. The Labute approximate surface area is 162 Å². The van der Waals surface area contributed by atoms with Crippen molar-refractivity contribution in [3.05, 3.63) is 51.7 Å². The van der Waals surface area contributed by atoms with E-state index in [1.54, 1.807) is 38.1 Å². The van der Waals surface area contributed by atoms with E-state index in [2.05, 4.69) is 20.6 Å². The molecule has 2 aromatic rings. The largest absolute Gasteiger partial charge is 0.368 e. The zero-order valence-electron chi connectivity index (χ0n) is 16.0. The molecular weight excluding hydrogens is 360 g/mol. The molecule has 1 aromatic heterocycles. The van der Waals surface area contributed by atoms with Gasteiger partial charge >= 0.3 is 0 Å². The van der Waals surface area contributed by atoms with E-state index in [4.69, 9.17) is 4.74 Å². The van der Waals surface area contributed by atoms with Gasteiger partial charge in [-0.3, -0.25) is 14.4 Å². The van der Waals surface area contributed by atoms with Crippen LogP contribution < -0.4 is 16.2 Å². The van der Waals surface area contributed by atoms with E-state index in [9.17, 15) is 14.4 Å². The van der Waals surface area contributed by atoms with E-state index < -0.39 is 0 Å². The first-order valence-electron chi connectivity index (χ1n) is 9.31. The van der Waals surface area contributed by atoms with Gasteiger partial charge in [-0.2, -0.15) is 0 Å². The fourth-order valence-electron chi connectivity index (χ4n) is 3.15. The number of aromatic nitrogens is 2. The van der Waals surface area contributed by atoms with Gasteiger partial charge in [-0.25, -0.2) is 4.98 Å². The highest BCUT2D eigenvalue weighted by atomic mass is 16.5.